The van der Waals surface area contributed by atoms with Crippen molar-refractivity contribution in [3.63, 3.8) is 0 Å². The summed E-state index contributed by atoms with van der Waals surface area (Å²) in [6.45, 7) is 10.4. The van der Waals surface area contributed by atoms with Crippen molar-refractivity contribution >= 4 is 22.0 Å². The van der Waals surface area contributed by atoms with Gasteiger partial charge in [0, 0.05) is 23.9 Å². The second-order valence-electron chi connectivity index (χ2n) is 7.57. The molecule has 162 valence electrons. The summed E-state index contributed by atoms with van der Waals surface area (Å²) in [6.07, 6.45) is 0.879. The summed E-state index contributed by atoms with van der Waals surface area (Å²) in [5, 5.41) is 9.10. The van der Waals surface area contributed by atoms with E-state index in [1.807, 2.05) is 95.3 Å². The Labute approximate surface area is 190 Å². The predicted molar refractivity (Wildman–Crippen MR) is 126 cm³/mol. The minimum absolute atomic E-state index is 0.0227. The monoisotopic (exact) mass is 472 g/mol. The van der Waals surface area contributed by atoms with Gasteiger partial charge < -0.3 is 9.64 Å². The average Bonchev–Trinajstić information content (AvgIpc) is 2.77. The van der Waals surface area contributed by atoms with Gasteiger partial charge in [-0.2, -0.15) is 5.26 Å². The Morgan fingerprint density at radius 2 is 1.63 bits per heavy atom. The lowest BCUT2D eigenvalue weighted by Gasteiger charge is -2.37. The van der Waals surface area contributed by atoms with Gasteiger partial charge in [0.05, 0.1) is 17.5 Å². The van der Waals surface area contributed by atoms with Crippen molar-refractivity contribution in [2.75, 3.05) is 6.54 Å². The molecule has 1 saturated heterocycles. The van der Waals surface area contributed by atoms with E-state index < -0.39 is 5.41 Å². The summed E-state index contributed by atoms with van der Waals surface area (Å²) in [7, 11) is 0. The van der Waals surface area contributed by atoms with Crippen LogP contribution >= 0.6 is 15.9 Å². The highest BCUT2D eigenvalue weighted by Crippen LogP contribution is 2.30. The lowest BCUT2D eigenvalue weighted by Crippen LogP contribution is -2.44. The number of amides is 1. The van der Waals surface area contributed by atoms with Crippen LogP contribution in [0.1, 0.15) is 59.1 Å². The van der Waals surface area contributed by atoms with Gasteiger partial charge in [-0.15, -0.1) is 0 Å². The van der Waals surface area contributed by atoms with Gasteiger partial charge in [0.1, 0.15) is 6.10 Å². The van der Waals surface area contributed by atoms with E-state index in [0.29, 0.717) is 13.0 Å². The van der Waals surface area contributed by atoms with Crippen molar-refractivity contribution in [2.24, 2.45) is 5.41 Å². The van der Waals surface area contributed by atoms with Gasteiger partial charge in [0.15, 0.2) is 0 Å². The zero-order valence-corrected chi connectivity index (χ0v) is 20.2. The molecule has 0 saturated carbocycles. The number of cyclic esters (lactones) is 1. The molecule has 5 heteroatoms. The van der Waals surface area contributed by atoms with Crippen LogP contribution in [0.3, 0.4) is 0 Å². The number of rotatable bonds is 4. The minimum Gasteiger partial charge on any atom is -0.446 e. The standard InChI is InChI=1S/C17H21BrN2O2.C6H6.C2H6/c1-12(13-4-6-14(18)7-5-13)20-9-8-15(22-16(20)21)10-17(2,3)11-19;1-2-4-6-5-3-1;1-2/h4-7,12,15H,8-10H2,1-3H3;1-6H;1-2H3. The maximum Gasteiger partial charge on any atom is 0.410 e. The molecule has 1 heterocycles. The van der Waals surface area contributed by atoms with Crippen molar-refractivity contribution < 1.29 is 9.53 Å². The Balaban J connectivity index is 0.000000474. The van der Waals surface area contributed by atoms with Gasteiger partial charge >= 0.3 is 6.09 Å². The first-order valence-electron chi connectivity index (χ1n) is 10.5. The van der Waals surface area contributed by atoms with Crippen LogP contribution in [0.15, 0.2) is 65.1 Å². The third-order valence-electron chi connectivity index (χ3n) is 4.72. The molecule has 2 aromatic carbocycles. The fourth-order valence-corrected chi connectivity index (χ4v) is 3.32. The summed E-state index contributed by atoms with van der Waals surface area (Å²) in [5.74, 6) is 0. The predicted octanol–water partition coefficient (Wildman–Crippen LogP) is 7.37. The largest absolute Gasteiger partial charge is 0.446 e. The zero-order chi connectivity index (χ0) is 22.6. The van der Waals surface area contributed by atoms with Crippen LogP contribution < -0.4 is 0 Å². The molecular weight excluding hydrogens is 440 g/mol. The number of hydrogen-bond donors (Lipinski definition) is 0. The number of halogens is 1. The Morgan fingerprint density at radius 1 is 1.13 bits per heavy atom. The van der Waals surface area contributed by atoms with Crippen LogP contribution in [0, 0.1) is 16.7 Å². The van der Waals surface area contributed by atoms with E-state index in [1.54, 1.807) is 4.90 Å². The molecule has 30 heavy (non-hydrogen) atoms. The summed E-state index contributed by atoms with van der Waals surface area (Å²) in [5.41, 5.74) is 0.612. The number of carbonyl (C=O) groups is 1. The van der Waals surface area contributed by atoms with E-state index in [4.69, 9.17) is 10.00 Å². The fourth-order valence-electron chi connectivity index (χ4n) is 3.06. The third kappa shape index (κ3) is 8.59. The molecule has 0 aliphatic carbocycles. The van der Waals surface area contributed by atoms with Crippen molar-refractivity contribution in [3.8, 4) is 6.07 Å². The first kappa shape index (κ1) is 25.7. The molecule has 0 N–H and O–H groups in total. The minimum atomic E-state index is -0.468. The molecule has 1 aliphatic rings. The van der Waals surface area contributed by atoms with Gasteiger partial charge in [-0.25, -0.2) is 4.79 Å². The van der Waals surface area contributed by atoms with Crippen LogP contribution in [0.25, 0.3) is 0 Å². The van der Waals surface area contributed by atoms with Gasteiger partial charge in [-0.1, -0.05) is 78.3 Å². The number of hydrogen-bond acceptors (Lipinski definition) is 3. The Kier molecular flexibility index (Phi) is 11.2. The molecule has 4 nitrogen and oxygen atoms in total. The highest BCUT2D eigenvalue weighted by Gasteiger charge is 2.34. The second kappa shape index (κ2) is 13.1. The van der Waals surface area contributed by atoms with Crippen LogP contribution in [0.4, 0.5) is 4.79 Å². The SMILES string of the molecule is CC.CC(c1ccc(Br)cc1)N1CCC(CC(C)(C)C#N)OC1=O.c1ccccc1. The van der Waals surface area contributed by atoms with E-state index in [1.165, 1.54) is 0 Å². The lowest BCUT2D eigenvalue weighted by molar-refractivity contribution is 0.000795. The molecule has 0 aromatic heterocycles. The molecule has 1 amide bonds. The van der Waals surface area contributed by atoms with E-state index in [2.05, 4.69) is 22.0 Å². The van der Waals surface area contributed by atoms with Crippen LogP contribution in [-0.4, -0.2) is 23.6 Å². The second-order valence-corrected chi connectivity index (χ2v) is 8.49. The Morgan fingerprint density at radius 3 is 2.07 bits per heavy atom. The van der Waals surface area contributed by atoms with Crippen molar-refractivity contribution in [2.45, 2.75) is 59.6 Å². The van der Waals surface area contributed by atoms with Gasteiger partial charge in [0.2, 0.25) is 0 Å². The number of nitriles is 1. The highest BCUT2D eigenvalue weighted by atomic mass is 79.9. The van der Waals surface area contributed by atoms with Crippen molar-refractivity contribution in [1.82, 2.24) is 4.90 Å². The van der Waals surface area contributed by atoms with Crippen molar-refractivity contribution in [1.29, 1.82) is 5.26 Å². The summed E-state index contributed by atoms with van der Waals surface area (Å²) < 4.78 is 6.55. The molecule has 1 aliphatic heterocycles. The van der Waals surface area contributed by atoms with Crippen LogP contribution in [-0.2, 0) is 4.74 Å². The molecule has 0 radical (unpaired) electrons. The van der Waals surface area contributed by atoms with Crippen molar-refractivity contribution in [3.05, 3.63) is 70.7 Å². The van der Waals surface area contributed by atoms with Crippen LogP contribution in [0.2, 0.25) is 0 Å². The number of benzene rings is 2. The Bertz CT molecular complexity index is 758. The molecular formula is C25H33BrN2O2. The first-order chi connectivity index (χ1) is 14.3. The molecule has 3 rings (SSSR count). The topological polar surface area (TPSA) is 53.3 Å². The molecule has 0 spiro atoms. The van der Waals surface area contributed by atoms with Gasteiger partial charge in [-0.3, -0.25) is 0 Å². The molecule has 1 fully saturated rings. The maximum absolute atomic E-state index is 12.3. The summed E-state index contributed by atoms with van der Waals surface area (Å²) >= 11 is 3.41. The van der Waals surface area contributed by atoms with Gasteiger partial charge in [-0.05, 0) is 38.5 Å². The highest BCUT2D eigenvalue weighted by molar-refractivity contribution is 9.10. The average molecular weight is 473 g/mol. The maximum atomic E-state index is 12.3. The lowest BCUT2D eigenvalue weighted by atomic mass is 9.87. The Hall–Kier alpha value is -2.32. The normalized spacial score (nSPS) is 16.6. The summed E-state index contributed by atoms with van der Waals surface area (Å²) in [4.78, 5) is 14.0. The molecule has 0 bridgehead atoms. The molecule has 2 aromatic rings. The quantitative estimate of drug-likeness (QED) is 0.466. The summed E-state index contributed by atoms with van der Waals surface area (Å²) in [6, 6.07) is 22.2. The molecule has 2 unspecified atom stereocenters. The van der Waals surface area contributed by atoms with Gasteiger partial charge in [0.25, 0.3) is 0 Å². The molecule has 2 atom stereocenters. The zero-order valence-electron chi connectivity index (χ0n) is 18.6. The number of nitrogens with zero attached hydrogens (tertiary/aromatic N) is 2. The smallest absolute Gasteiger partial charge is 0.410 e. The van der Waals surface area contributed by atoms with E-state index in [-0.39, 0.29) is 18.2 Å². The fraction of sp³-hybridized carbons (Fsp3) is 0.440. The van der Waals surface area contributed by atoms with E-state index in [9.17, 15) is 4.79 Å². The number of carbonyl (C=O) groups excluding carboxylic acids is 1. The van der Waals surface area contributed by atoms with Crippen LogP contribution in [0.5, 0.6) is 0 Å². The third-order valence-corrected chi connectivity index (χ3v) is 5.25. The van der Waals surface area contributed by atoms with E-state index >= 15 is 0 Å². The van der Waals surface area contributed by atoms with E-state index in [0.717, 1.165) is 16.5 Å². The first-order valence-corrected chi connectivity index (χ1v) is 11.3. The number of ether oxygens (including phenoxy) is 1.